The second-order valence-electron chi connectivity index (χ2n) is 14.1. The maximum atomic E-state index is 12.7. The van der Waals surface area contributed by atoms with Gasteiger partial charge in [0.25, 0.3) is 11.6 Å². The highest BCUT2D eigenvalue weighted by Crippen LogP contribution is 2.40. The van der Waals surface area contributed by atoms with E-state index in [0.717, 1.165) is 0 Å². The van der Waals surface area contributed by atoms with E-state index < -0.39 is 185 Å². The molecule has 0 aliphatic carbocycles. The van der Waals surface area contributed by atoms with Gasteiger partial charge < -0.3 is 125 Å². The quantitative estimate of drug-likeness (QED) is 0.0686. The summed E-state index contributed by atoms with van der Waals surface area (Å²) < 4.78 is 36.3. The molecular formula is C30H50O27. The molecule has 0 saturated carbocycles. The van der Waals surface area contributed by atoms with Crippen molar-refractivity contribution in [2.75, 3.05) is 26.4 Å². The largest absolute Gasteiger partial charge is 0.477 e. The van der Waals surface area contributed by atoms with Crippen LogP contribution in [-0.4, -0.2) is 264 Å². The molecule has 0 unspecified atom stereocenters. The molecule has 332 valence electrons. The van der Waals surface area contributed by atoms with Crippen LogP contribution in [0.2, 0.25) is 0 Å². The van der Waals surface area contributed by atoms with Gasteiger partial charge in [-0.2, -0.15) is 0 Å². The normalized spacial score (nSPS) is 46.5. The predicted molar refractivity (Wildman–Crippen MR) is 168 cm³/mol. The molecule has 4 heterocycles. The van der Waals surface area contributed by atoms with Crippen molar-refractivity contribution in [1.29, 1.82) is 0 Å². The van der Waals surface area contributed by atoms with Crippen molar-refractivity contribution >= 4 is 11.9 Å². The van der Waals surface area contributed by atoms with E-state index in [1.807, 2.05) is 0 Å². The second kappa shape index (κ2) is 19.2. The number of hydrogen-bond acceptors (Lipinski definition) is 25. The Kier molecular flexibility index (Phi) is 16.0. The lowest BCUT2D eigenvalue weighted by Crippen LogP contribution is -2.68. The number of hydrogen-bond donors (Lipinski definition) is 18. The summed E-state index contributed by atoms with van der Waals surface area (Å²) in [5.74, 6) is -11.0. The molecule has 0 radical (unpaired) electrons. The van der Waals surface area contributed by atoms with E-state index in [9.17, 15) is 102 Å². The molecule has 18 N–H and O–H groups in total. The molecule has 0 aromatic heterocycles. The molecule has 0 amide bonds. The minimum atomic E-state index is -3.42. The Hall–Kier alpha value is -1.98. The third-order valence-corrected chi connectivity index (χ3v) is 10.1. The van der Waals surface area contributed by atoms with Gasteiger partial charge in [-0.3, -0.25) is 0 Å². The maximum Gasteiger partial charge on any atom is 0.364 e. The fourth-order valence-electron chi connectivity index (χ4n) is 6.63. The van der Waals surface area contributed by atoms with Gasteiger partial charge in [0.05, 0.1) is 38.6 Å². The van der Waals surface area contributed by atoms with Crippen molar-refractivity contribution in [1.82, 2.24) is 0 Å². The summed E-state index contributed by atoms with van der Waals surface area (Å²) in [7, 11) is 0. The van der Waals surface area contributed by atoms with Gasteiger partial charge >= 0.3 is 11.9 Å². The van der Waals surface area contributed by atoms with E-state index in [0.29, 0.717) is 0 Å². The first kappa shape index (κ1) is 47.7. The maximum absolute atomic E-state index is 12.7. The van der Waals surface area contributed by atoms with Crippen LogP contribution in [0, 0.1) is 0 Å². The lowest BCUT2D eigenvalue weighted by atomic mass is 9.88. The highest BCUT2D eigenvalue weighted by atomic mass is 16.8. The smallest absolute Gasteiger partial charge is 0.364 e. The van der Waals surface area contributed by atoms with Crippen molar-refractivity contribution in [2.45, 2.75) is 147 Å². The minimum Gasteiger partial charge on any atom is -0.477 e. The Morgan fingerprint density at radius 2 is 1.04 bits per heavy atom. The van der Waals surface area contributed by atoms with E-state index in [1.165, 1.54) is 0 Å². The lowest BCUT2D eigenvalue weighted by molar-refractivity contribution is -0.373. The van der Waals surface area contributed by atoms with Crippen molar-refractivity contribution < 1.29 is 135 Å². The zero-order valence-electron chi connectivity index (χ0n) is 29.5. The van der Waals surface area contributed by atoms with Gasteiger partial charge in [-0.15, -0.1) is 0 Å². The summed E-state index contributed by atoms with van der Waals surface area (Å²) in [5, 5.41) is 185. The van der Waals surface area contributed by atoms with Crippen LogP contribution in [0.15, 0.2) is 0 Å². The molecule has 4 saturated heterocycles. The van der Waals surface area contributed by atoms with Gasteiger partial charge in [0.1, 0.15) is 97.7 Å². The van der Waals surface area contributed by atoms with Gasteiger partial charge in [0.15, 0.2) is 12.6 Å². The lowest BCUT2D eigenvalue weighted by Gasteiger charge is -2.49. The summed E-state index contributed by atoms with van der Waals surface area (Å²) in [6.45, 7) is -3.81. The highest BCUT2D eigenvalue weighted by Gasteiger charge is 2.61. The van der Waals surface area contributed by atoms with Gasteiger partial charge in [-0.25, -0.2) is 9.59 Å². The van der Waals surface area contributed by atoms with Crippen molar-refractivity contribution in [2.24, 2.45) is 0 Å². The molecule has 4 fully saturated rings. The van der Waals surface area contributed by atoms with Gasteiger partial charge in [0.2, 0.25) is 0 Å². The van der Waals surface area contributed by atoms with Crippen molar-refractivity contribution in [3.63, 3.8) is 0 Å². The summed E-state index contributed by atoms with van der Waals surface area (Å²) in [4.78, 5) is 24.8. The first-order valence-corrected chi connectivity index (χ1v) is 17.4. The van der Waals surface area contributed by atoms with E-state index >= 15 is 0 Å². The Morgan fingerprint density at radius 3 is 1.44 bits per heavy atom. The van der Waals surface area contributed by atoms with Crippen LogP contribution >= 0.6 is 0 Å². The number of carbonyl (C=O) groups is 2. The predicted octanol–water partition coefficient (Wildman–Crippen LogP) is -11.3. The fourth-order valence-corrected chi connectivity index (χ4v) is 6.63. The summed E-state index contributed by atoms with van der Waals surface area (Å²) in [6.07, 6.45) is -43.5. The minimum absolute atomic E-state index is 0.848. The van der Waals surface area contributed by atoms with Crippen molar-refractivity contribution in [3.8, 4) is 0 Å². The molecule has 0 spiro atoms. The Morgan fingerprint density at radius 1 is 0.596 bits per heavy atom. The molecule has 57 heavy (non-hydrogen) atoms. The van der Waals surface area contributed by atoms with Gasteiger partial charge in [0, 0.05) is 12.8 Å². The SMILES string of the molecule is O=C(O)[C@@]1(O[C@H]2C[C@@](O)(C(=O)O)O[C@@H]([C@H](O)[C@H](O)CO[C@@H]3O[C@H](CO)[C@H](O)[C@H](O)[C@H]3O)[C@@H]2O)C[C@H](O)[C@@H](O)[C@H]([C@H](O)[C@H](O)CO[C@@H]2O[C@H](CO)[C@H](O)[C@H](O)[C@H]2O)O1. The van der Waals surface area contributed by atoms with E-state index in [2.05, 4.69) is 0 Å². The number of rotatable bonds is 16. The van der Waals surface area contributed by atoms with Crippen LogP contribution in [0.5, 0.6) is 0 Å². The molecule has 4 rings (SSSR count). The van der Waals surface area contributed by atoms with Crippen LogP contribution in [0.3, 0.4) is 0 Å². The molecule has 27 nitrogen and oxygen atoms in total. The van der Waals surface area contributed by atoms with Crippen LogP contribution in [-0.2, 0) is 42.7 Å². The van der Waals surface area contributed by atoms with Crippen LogP contribution in [0.25, 0.3) is 0 Å². The number of aliphatic hydroxyl groups is 16. The van der Waals surface area contributed by atoms with Gasteiger partial charge in [-0.1, -0.05) is 0 Å². The number of ether oxygens (including phenoxy) is 7. The average molecular weight is 843 g/mol. The third kappa shape index (κ3) is 9.98. The standard InChI is InChI=1S/C30H50O27/c31-3-11-16(39)19(42)21(44)25(53-11)51-5-8(34)14(37)23-13(36)7(33)1-30(57-23,28(48)49)55-10-2-29(50,27(46)47)56-24(18(10)41)15(38)9(35)6-52-26-22(45)20(43)17(40)12(4-32)54-26/h7-26,31-45,50H,1-6H2,(H,46,47)(H,48,49)/t7-,8+,9+,10-,11+,12+,13+,14+,15+,16-,17-,18+,19-,20-,21+,22+,23+,24-,25+,26+,29-,30+/m0/s1. The second-order valence-corrected chi connectivity index (χ2v) is 14.1. The topological polar surface area (TPSA) is 463 Å². The number of carboxylic acid groups (broad SMARTS) is 2. The first-order chi connectivity index (χ1) is 26.5. The number of aliphatic carboxylic acids is 2. The Balaban J connectivity index is 1.50. The Bertz CT molecular complexity index is 1330. The summed E-state index contributed by atoms with van der Waals surface area (Å²) >= 11 is 0. The molecule has 0 aromatic carbocycles. The molecule has 0 bridgehead atoms. The molecule has 27 heteroatoms. The fraction of sp³-hybridized carbons (Fsp3) is 0.933. The molecule has 4 aliphatic rings. The number of carboxylic acids is 2. The number of aliphatic hydroxyl groups excluding tert-OH is 15. The molecule has 4 aliphatic heterocycles. The third-order valence-electron chi connectivity index (χ3n) is 10.1. The summed E-state index contributed by atoms with van der Waals surface area (Å²) in [6, 6.07) is 0. The molecule has 22 atom stereocenters. The Labute approximate surface area is 320 Å². The highest BCUT2D eigenvalue weighted by molar-refractivity contribution is 5.76. The zero-order valence-corrected chi connectivity index (χ0v) is 29.5. The molecular weight excluding hydrogens is 792 g/mol. The summed E-state index contributed by atoms with van der Waals surface area (Å²) in [5.41, 5.74) is 0. The van der Waals surface area contributed by atoms with E-state index in [-0.39, 0.29) is 0 Å². The van der Waals surface area contributed by atoms with Crippen LogP contribution in [0.4, 0.5) is 0 Å². The first-order valence-electron chi connectivity index (χ1n) is 17.4. The van der Waals surface area contributed by atoms with E-state index in [1.54, 1.807) is 0 Å². The molecule has 0 aromatic rings. The van der Waals surface area contributed by atoms with Gasteiger partial charge in [-0.05, 0) is 0 Å². The van der Waals surface area contributed by atoms with Crippen molar-refractivity contribution in [3.05, 3.63) is 0 Å². The van der Waals surface area contributed by atoms with Crippen LogP contribution in [0.1, 0.15) is 12.8 Å². The van der Waals surface area contributed by atoms with E-state index in [4.69, 9.17) is 33.2 Å². The average Bonchev–Trinajstić information content (AvgIpc) is 3.17. The van der Waals surface area contributed by atoms with Crippen LogP contribution < -0.4 is 0 Å². The zero-order chi connectivity index (χ0) is 42.9. The monoisotopic (exact) mass is 842 g/mol.